The van der Waals surface area contributed by atoms with E-state index in [2.05, 4.69) is 6.92 Å². The van der Waals surface area contributed by atoms with Crippen molar-refractivity contribution >= 4 is 0 Å². The van der Waals surface area contributed by atoms with Crippen LogP contribution in [-0.2, 0) is 0 Å². The topological polar surface area (TPSA) is 40.5 Å². The summed E-state index contributed by atoms with van der Waals surface area (Å²) in [5.41, 5.74) is 0. The molecule has 1 aliphatic carbocycles. The lowest BCUT2D eigenvalue weighted by Gasteiger charge is -2.35. The molecule has 0 amide bonds. The second kappa shape index (κ2) is 4.24. The zero-order valence-corrected chi connectivity index (χ0v) is 8.03. The first kappa shape index (κ1) is 10.0. The van der Waals surface area contributed by atoms with E-state index in [1.165, 1.54) is 0 Å². The Hall–Kier alpha value is -0.0800. The highest BCUT2D eigenvalue weighted by Gasteiger charge is 2.31. The van der Waals surface area contributed by atoms with Gasteiger partial charge in [-0.1, -0.05) is 20.3 Å². The minimum Gasteiger partial charge on any atom is -0.393 e. The van der Waals surface area contributed by atoms with Gasteiger partial charge in [0.05, 0.1) is 12.2 Å². The molecule has 1 fully saturated rings. The molecular weight excluding hydrogens is 152 g/mol. The molecule has 0 aromatic heterocycles. The molecule has 12 heavy (non-hydrogen) atoms. The molecule has 0 aromatic carbocycles. The standard InChI is InChI=1S/C10H20O2/c1-3-4-8-6-9(11)7(2)5-10(8)12/h7-12H,3-6H2,1-2H3/t7-,8-,9+,10+/m1/s1. The average Bonchev–Trinajstić information content (AvgIpc) is 2.01. The molecular formula is C10H20O2. The van der Waals surface area contributed by atoms with Gasteiger partial charge in [-0.3, -0.25) is 0 Å². The second-order valence-electron chi connectivity index (χ2n) is 4.13. The fourth-order valence-corrected chi connectivity index (χ4v) is 2.11. The van der Waals surface area contributed by atoms with Crippen LogP contribution in [0.2, 0.25) is 0 Å². The third-order valence-corrected chi connectivity index (χ3v) is 3.02. The molecule has 1 aliphatic rings. The summed E-state index contributed by atoms with van der Waals surface area (Å²) in [5.74, 6) is 0.606. The van der Waals surface area contributed by atoms with Crippen LogP contribution in [0, 0.1) is 11.8 Å². The molecule has 0 unspecified atom stereocenters. The zero-order chi connectivity index (χ0) is 9.14. The van der Waals surface area contributed by atoms with Gasteiger partial charge in [0.2, 0.25) is 0 Å². The summed E-state index contributed by atoms with van der Waals surface area (Å²) in [7, 11) is 0. The highest BCUT2D eigenvalue weighted by Crippen LogP contribution is 2.31. The van der Waals surface area contributed by atoms with Crippen molar-refractivity contribution in [3.05, 3.63) is 0 Å². The molecule has 2 nitrogen and oxygen atoms in total. The molecule has 0 spiro atoms. The third kappa shape index (κ3) is 2.20. The van der Waals surface area contributed by atoms with Crippen LogP contribution in [0.3, 0.4) is 0 Å². The maximum Gasteiger partial charge on any atom is 0.0572 e. The Labute approximate surface area is 74.6 Å². The van der Waals surface area contributed by atoms with Crippen LogP contribution in [0.5, 0.6) is 0 Å². The summed E-state index contributed by atoms with van der Waals surface area (Å²) in [5, 5.41) is 19.3. The Morgan fingerprint density at radius 3 is 2.42 bits per heavy atom. The van der Waals surface area contributed by atoms with Gasteiger partial charge in [0.1, 0.15) is 0 Å². The Morgan fingerprint density at radius 1 is 1.17 bits per heavy atom. The third-order valence-electron chi connectivity index (χ3n) is 3.02. The molecule has 1 rings (SSSR count). The lowest BCUT2D eigenvalue weighted by molar-refractivity contribution is -0.0292. The molecule has 72 valence electrons. The van der Waals surface area contributed by atoms with Gasteiger partial charge in [-0.15, -0.1) is 0 Å². The number of hydrogen-bond acceptors (Lipinski definition) is 2. The van der Waals surface area contributed by atoms with Crippen LogP contribution < -0.4 is 0 Å². The van der Waals surface area contributed by atoms with E-state index in [9.17, 15) is 10.2 Å². The first-order chi connectivity index (χ1) is 5.65. The summed E-state index contributed by atoms with van der Waals surface area (Å²) >= 11 is 0. The van der Waals surface area contributed by atoms with Crippen molar-refractivity contribution in [2.45, 2.75) is 51.7 Å². The van der Waals surface area contributed by atoms with Crippen LogP contribution in [0.25, 0.3) is 0 Å². The predicted molar refractivity (Wildman–Crippen MR) is 48.8 cm³/mol. The average molecular weight is 172 g/mol. The van der Waals surface area contributed by atoms with Gasteiger partial charge >= 0.3 is 0 Å². The molecule has 0 radical (unpaired) electrons. The molecule has 0 bridgehead atoms. The zero-order valence-electron chi connectivity index (χ0n) is 8.03. The number of hydrogen-bond donors (Lipinski definition) is 2. The van der Waals surface area contributed by atoms with Crippen molar-refractivity contribution in [1.29, 1.82) is 0 Å². The SMILES string of the molecule is CCC[C@@H]1C[C@H](O)[C@H](C)C[C@@H]1O. The van der Waals surface area contributed by atoms with Crippen molar-refractivity contribution in [3.8, 4) is 0 Å². The van der Waals surface area contributed by atoms with Crippen LogP contribution in [0.1, 0.15) is 39.5 Å². The molecule has 0 heterocycles. The fourth-order valence-electron chi connectivity index (χ4n) is 2.11. The van der Waals surface area contributed by atoms with E-state index in [4.69, 9.17) is 0 Å². The molecule has 4 atom stereocenters. The predicted octanol–water partition coefficient (Wildman–Crippen LogP) is 1.55. The van der Waals surface area contributed by atoms with E-state index in [-0.39, 0.29) is 18.1 Å². The highest BCUT2D eigenvalue weighted by molar-refractivity contribution is 4.83. The van der Waals surface area contributed by atoms with E-state index < -0.39 is 0 Å². The van der Waals surface area contributed by atoms with E-state index >= 15 is 0 Å². The van der Waals surface area contributed by atoms with Crippen molar-refractivity contribution in [3.63, 3.8) is 0 Å². The Bertz CT molecular complexity index is 136. The Morgan fingerprint density at radius 2 is 1.83 bits per heavy atom. The summed E-state index contributed by atoms with van der Waals surface area (Å²) in [6.45, 7) is 4.13. The lowest BCUT2D eigenvalue weighted by atomic mass is 9.77. The maximum absolute atomic E-state index is 9.68. The van der Waals surface area contributed by atoms with Gasteiger partial charge in [0.15, 0.2) is 0 Å². The summed E-state index contributed by atoms with van der Waals surface area (Å²) in [4.78, 5) is 0. The van der Waals surface area contributed by atoms with Gasteiger partial charge < -0.3 is 10.2 Å². The molecule has 0 aliphatic heterocycles. The van der Waals surface area contributed by atoms with Gasteiger partial charge in [0.25, 0.3) is 0 Å². The van der Waals surface area contributed by atoms with Gasteiger partial charge in [-0.2, -0.15) is 0 Å². The molecule has 2 N–H and O–H groups in total. The molecule has 0 saturated heterocycles. The fraction of sp³-hybridized carbons (Fsp3) is 1.00. The van der Waals surface area contributed by atoms with E-state index in [0.29, 0.717) is 5.92 Å². The first-order valence-corrected chi connectivity index (χ1v) is 5.01. The van der Waals surface area contributed by atoms with Crippen molar-refractivity contribution in [1.82, 2.24) is 0 Å². The quantitative estimate of drug-likeness (QED) is 0.663. The summed E-state index contributed by atoms with van der Waals surface area (Å²) in [6.07, 6.45) is 3.34. The van der Waals surface area contributed by atoms with E-state index in [1.807, 2.05) is 6.92 Å². The smallest absolute Gasteiger partial charge is 0.0572 e. The van der Waals surface area contributed by atoms with Gasteiger partial charge in [0, 0.05) is 0 Å². The monoisotopic (exact) mass is 172 g/mol. The minimum atomic E-state index is -0.190. The number of rotatable bonds is 2. The molecule has 0 aromatic rings. The van der Waals surface area contributed by atoms with Gasteiger partial charge in [-0.05, 0) is 31.1 Å². The minimum absolute atomic E-state index is 0.177. The largest absolute Gasteiger partial charge is 0.393 e. The highest BCUT2D eigenvalue weighted by atomic mass is 16.3. The van der Waals surface area contributed by atoms with Crippen molar-refractivity contribution in [2.24, 2.45) is 11.8 Å². The van der Waals surface area contributed by atoms with Crippen LogP contribution >= 0.6 is 0 Å². The van der Waals surface area contributed by atoms with E-state index in [0.717, 1.165) is 25.7 Å². The van der Waals surface area contributed by atoms with Gasteiger partial charge in [-0.25, -0.2) is 0 Å². The molecule has 2 heteroatoms. The van der Waals surface area contributed by atoms with E-state index in [1.54, 1.807) is 0 Å². The Kier molecular flexibility index (Phi) is 3.53. The van der Waals surface area contributed by atoms with Crippen LogP contribution in [0.4, 0.5) is 0 Å². The second-order valence-corrected chi connectivity index (χ2v) is 4.13. The molecule has 1 saturated carbocycles. The van der Waals surface area contributed by atoms with Crippen LogP contribution in [0.15, 0.2) is 0 Å². The van der Waals surface area contributed by atoms with Crippen LogP contribution in [-0.4, -0.2) is 22.4 Å². The van der Waals surface area contributed by atoms with Crippen molar-refractivity contribution in [2.75, 3.05) is 0 Å². The maximum atomic E-state index is 9.68. The summed E-state index contributed by atoms with van der Waals surface area (Å²) < 4.78 is 0. The number of aliphatic hydroxyl groups is 2. The first-order valence-electron chi connectivity index (χ1n) is 5.01. The lowest BCUT2D eigenvalue weighted by Crippen LogP contribution is -2.37. The Balaban J connectivity index is 2.43. The summed E-state index contributed by atoms with van der Waals surface area (Å²) in [6, 6.07) is 0. The number of aliphatic hydroxyl groups excluding tert-OH is 2. The van der Waals surface area contributed by atoms with Crippen molar-refractivity contribution < 1.29 is 10.2 Å². The normalized spacial score (nSPS) is 43.0.